The van der Waals surface area contributed by atoms with Crippen molar-refractivity contribution in [3.05, 3.63) is 47.3 Å². The zero-order valence-corrected chi connectivity index (χ0v) is 19.2. The predicted octanol–water partition coefficient (Wildman–Crippen LogP) is 3.84. The zero-order valence-electron chi connectivity index (χ0n) is 17.6. The standard InChI is InChI=1S/C21H25N3O5S2/c1-14-11-23(12-15(2)28-14)13-24-19-10-18(8-9-20(19)29-21(24)30)31(25,26)22-16-4-6-17(27-3)7-5-16/h4-10,14-15,22H,11-13H2,1-3H3/t14-,15-/m1/s1. The molecule has 0 radical (unpaired) electrons. The fourth-order valence-electron chi connectivity index (χ4n) is 3.82. The molecule has 10 heteroatoms. The number of oxazole rings is 1. The van der Waals surface area contributed by atoms with E-state index in [1.165, 1.54) is 6.07 Å². The molecule has 0 saturated carbocycles. The molecule has 0 amide bonds. The number of hydrogen-bond donors (Lipinski definition) is 1. The lowest BCUT2D eigenvalue weighted by Crippen LogP contribution is -2.45. The highest BCUT2D eigenvalue weighted by Crippen LogP contribution is 2.25. The summed E-state index contributed by atoms with van der Waals surface area (Å²) in [6, 6.07) is 11.4. The molecule has 1 aromatic heterocycles. The maximum Gasteiger partial charge on any atom is 0.270 e. The van der Waals surface area contributed by atoms with Gasteiger partial charge in [-0.05, 0) is 68.5 Å². The Kier molecular flexibility index (Phi) is 6.07. The van der Waals surface area contributed by atoms with Crippen LogP contribution in [-0.4, -0.2) is 50.3 Å². The first-order valence-corrected chi connectivity index (χ1v) is 11.8. The summed E-state index contributed by atoms with van der Waals surface area (Å²) in [5.74, 6) is 0.647. The predicted molar refractivity (Wildman–Crippen MR) is 120 cm³/mol. The molecule has 1 fully saturated rings. The molecule has 166 valence electrons. The van der Waals surface area contributed by atoms with Crippen LogP contribution in [0.25, 0.3) is 11.1 Å². The van der Waals surface area contributed by atoms with Crippen LogP contribution in [0.5, 0.6) is 5.75 Å². The molecule has 4 rings (SSSR count). The summed E-state index contributed by atoms with van der Waals surface area (Å²) < 4.78 is 46.9. The van der Waals surface area contributed by atoms with Gasteiger partial charge in [0, 0.05) is 18.8 Å². The van der Waals surface area contributed by atoms with E-state index in [1.807, 2.05) is 18.4 Å². The maximum atomic E-state index is 13.0. The third kappa shape index (κ3) is 4.77. The minimum Gasteiger partial charge on any atom is -0.497 e. The summed E-state index contributed by atoms with van der Waals surface area (Å²) in [5.41, 5.74) is 1.62. The van der Waals surface area contributed by atoms with Gasteiger partial charge in [0.2, 0.25) is 0 Å². The van der Waals surface area contributed by atoms with Crippen molar-refractivity contribution in [1.82, 2.24) is 9.47 Å². The van der Waals surface area contributed by atoms with Crippen molar-refractivity contribution in [2.45, 2.75) is 37.6 Å². The number of morpholine rings is 1. The lowest BCUT2D eigenvalue weighted by Gasteiger charge is -2.35. The SMILES string of the molecule is COc1ccc(NS(=O)(=O)c2ccc3oc(=S)n(CN4C[C@@H](C)O[C@H](C)C4)c3c2)cc1. The lowest BCUT2D eigenvalue weighted by molar-refractivity contribution is -0.0764. The van der Waals surface area contributed by atoms with Crippen molar-refractivity contribution in [1.29, 1.82) is 0 Å². The zero-order chi connectivity index (χ0) is 22.2. The largest absolute Gasteiger partial charge is 0.497 e. The molecule has 2 atom stereocenters. The molecule has 31 heavy (non-hydrogen) atoms. The Morgan fingerprint density at radius 1 is 1.13 bits per heavy atom. The molecule has 0 bridgehead atoms. The number of sulfonamides is 1. The van der Waals surface area contributed by atoms with Crippen molar-refractivity contribution < 1.29 is 22.3 Å². The molecule has 1 aliphatic heterocycles. The number of nitrogens with zero attached hydrogens (tertiary/aromatic N) is 2. The average Bonchev–Trinajstić information content (AvgIpc) is 3.02. The highest BCUT2D eigenvalue weighted by Gasteiger charge is 2.24. The van der Waals surface area contributed by atoms with Gasteiger partial charge in [-0.25, -0.2) is 8.42 Å². The summed E-state index contributed by atoms with van der Waals surface area (Å²) >= 11 is 5.41. The van der Waals surface area contributed by atoms with Gasteiger partial charge < -0.3 is 13.9 Å². The molecule has 0 aliphatic carbocycles. The van der Waals surface area contributed by atoms with Crippen molar-refractivity contribution >= 4 is 39.0 Å². The number of ether oxygens (including phenoxy) is 2. The maximum absolute atomic E-state index is 13.0. The third-order valence-electron chi connectivity index (χ3n) is 5.13. The molecule has 1 saturated heterocycles. The molecule has 1 aliphatic rings. The average molecular weight is 464 g/mol. The minimum absolute atomic E-state index is 0.112. The van der Waals surface area contributed by atoms with Crippen LogP contribution in [0, 0.1) is 4.84 Å². The van der Waals surface area contributed by atoms with E-state index in [2.05, 4.69) is 9.62 Å². The van der Waals surface area contributed by atoms with Crippen LogP contribution in [0.15, 0.2) is 51.8 Å². The minimum atomic E-state index is -3.80. The topological polar surface area (TPSA) is 85.9 Å². The summed E-state index contributed by atoms with van der Waals surface area (Å²) in [7, 11) is -2.24. The molecule has 3 aromatic rings. The van der Waals surface area contributed by atoms with Gasteiger partial charge in [0.15, 0.2) is 5.58 Å². The van der Waals surface area contributed by atoms with E-state index in [9.17, 15) is 8.42 Å². The summed E-state index contributed by atoms with van der Waals surface area (Å²) in [6.45, 7) is 6.08. The molecule has 8 nitrogen and oxygen atoms in total. The first-order valence-electron chi connectivity index (χ1n) is 9.93. The fourth-order valence-corrected chi connectivity index (χ4v) is 5.14. The first kappa shape index (κ1) is 21.8. The van der Waals surface area contributed by atoms with E-state index in [0.29, 0.717) is 34.0 Å². The summed E-state index contributed by atoms with van der Waals surface area (Å²) in [6.07, 6.45) is 0.224. The van der Waals surface area contributed by atoms with E-state index < -0.39 is 10.0 Å². The Morgan fingerprint density at radius 2 is 1.81 bits per heavy atom. The highest BCUT2D eigenvalue weighted by molar-refractivity contribution is 7.92. The fraction of sp³-hybridized carbons (Fsp3) is 0.381. The van der Waals surface area contributed by atoms with Crippen LogP contribution in [0.1, 0.15) is 13.8 Å². The van der Waals surface area contributed by atoms with Gasteiger partial charge in [-0.3, -0.25) is 14.2 Å². The second-order valence-corrected chi connectivity index (χ2v) is 9.73. The number of rotatable bonds is 6. The van der Waals surface area contributed by atoms with E-state index in [1.54, 1.807) is 43.5 Å². The Labute approximate surface area is 186 Å². The van der Waals surface area contributed by atoms with Crippen LogP contribution in [0.3, 0.4) is 0 Å². The number of anilines is 1. The van der Waals surface area contributed by atoms with Gasteiger partial charge in [-0.1, -0.05) is 0 Å². The molecule has 2 aromatic carbocycles. The Morgan fingerprint density at radius 3 is 2.45 bits per heavy atom. The Bertz CT molecular complexity index is 1220. The Hall–Kier alpha value is -2.40. The van der Waals surface area contributed by atoms with Gasteiger partial charge in [0.05, 0.1) is 36.4 Å². The van der Waals surface area contributed by atoms with E-state index in [0.717, 1.165) is 13.1 Å². The van der Waals surface area contributed by atoms with Gasteiger partial charge in [0.25, 0.3) is 14.9 Å². The number of benzene rings is 2. The smallest absolute Gasteiger partial charge is 0.270 e. The van der Waals surface area contributed by atoms with E-state index in [-0.39, 0.29) is 17.1 Å². The number of aromatic nitrogens is 1. The van der Waals surface area contributed by atoms with Crippen LogP contribution in [0.4, 0.5) is 5.69 Å². The number of hydrogen-bond acceptors (Lipinski definition) is 7. The van der Waals surface area contributed by atoms with Crippen LogP contribution >= 0.6 is 12.2 Å². The molecule has 0 unspecified atom stereocenters. The number of fused-ring (bicyclic) bond motifs is 1. The van der Waals surface area contributed by atoms with Crippen molar-refractivity contribution in [2.75, 3.05) is 24.9 Å². The molecular formula is C21H25N3O5S2. The quantitative estimate of drug-likeness (QED) is 0.556. The van der Waals surface area contributed by atoms with Gasteiger partial charge >= 0.3 is 0 Å². The second kappa shape index (κ2) is 8.62. The molecule has 1 N–H and O–H groups in total. The summed E-state index contributed by atoms with van der Waals surface area (Å²) in [5, 5.41) is 0. The third-order valence-corrected chi connectivity index (χ3v) is 6.81. The van der Waals surface area contributed by atoms with E-state index >= 15 is 0 Å². The van der Waals surface area contributed by atoms with Crippen LogP contribution in [0.2, 0.25) is 0 Å². The first-order chi connectivity index (χ1) is 14.7. The van der Waals surface area contributed by atoms with Crippen molar-refractivity contribution in [3.8, 4) is 5.75 Å². The normalized spacial score (nSPS) is 20.1. The van der Waals surface area contributed by atoms with Crippen LogP contribution in [-0.2, 0) is 21.4 Å². The second-order valence-electron chi connectivity index (χ2n) is 7.69. The molecule has 0 spiro atoms. The lowest BCUT2D eigenvalue weighted by atomic mass is 10.2. The number of methoxy groups -OCH3 is 1. The van der Waals surface area contributed by atoms with Gasteiger partial charge in [0.1, 0.15) is 5.75 Å². The van der Waals surface area contributed by atoms with Gasteiger partial charge in [-0.15, -0.1) is 0 Å². The monoisotopic (exact) mass is 463 g/mol. The Balaban J connectivity index is 1.63. The number of nitrogens with one attached hydrogen (secondary N) is 1. The molecule has 2 heterocycles. The van der Waals surface area contributed by atoms with Crippen LogP contribution < -0.4 is 9.46 Å². The van der Waals surface area contributed by atoms with Gasteiger partial charge in [-0.2, -0.15) is 0 Å². The highest BCUT2D eigenvalue weighted by atomic mass is 32.2. The summed E-state index contributed by atoms with van der Waals surface area (Å²) in [4.78, 5) is 2.66. The van der Waals surface area contributed by atoms with Crippen molar-refractivity contribution in [3.63, 3.8) is 0 Å². The van der Waals surface area contributed by atoms with E-state index in [4.69, 9.17) is 26.1 Å². The van der Waals surface area contributed by atoms with Crippen molar-refractivity contribution in [2.24, 2.45) is 0 Å². The molecular weight excluding hydrogens is 438 g/mol.